The summed E-state index contributed by atoms with van der Waals surface area (Å²) in [6.45, 7) is 3.18. The largest absolute Gasteiger partial charge is 0.392 e. The van der Waals surface area contributed by atoms with Crippen molar-refractivity contribution in [1.29, 1.82) is 0 Å². The number of nitrogens with zero attached hydrogens (tertiary/aromatic N) is 2. The normalized spacial score (nSPS) is 12.9. The average Bonchev–Trinajstić information content (AvgIpc) is 2.48. The SMILES string of the molecule is Cc1cc(S(=O)(=O)N(C[C@@H](C)O)c2ccccc2)cnc1Cl. The van der Waals surface area contributed by atoms with E-state index < -0.39 is 16.1 Å². The smallest absolute Gasteiger partial charge is 0.265 e. The lowest BCUT2D eigenvalue weighted by molar-refractivity contribution is 0.204. The maximum absolute atomic E-state index is 12.9. The molecule has 0 aliphatic rings. The minimum Gasteiger partial charge on any atom is -0.392 e. The first kappa shape index (κ1) is 16.7. The molecule has 0 saturated heterocycles. The van der Waals surface area contributed by atoms with Crippen molar-refractivity contribution in [2.45, 2.75) is 24.8 Å². The second-order valence-corrected chi connectivity index (χ2v) is 7.22. The molecule has 0 radical (unpaired) electrons. The molecule has 118 valence electrons. The van der Waals surface area contributed by atoms with Gasteiger partial charge in [0, 0.05) is 6.20 Å². The van der Waals surface area contributed by atoms with Crippen LogP contribution in [-0.2, 0) is 10.0 Å². The molecule has 0 amide bonds. The Labute approximate surface area is 135 Å². The van der Waals surface area contributed by atoms with Crippen LogP contribution in [0.5, 0.6) is 0 Å². The topological polar surface area (TPSA) is 70.5 Å². The van der Waals surface area contributed by atoms with E-state index in [4.69, 9.17) is 11.6 Å². The Morgan fingerprint density at radius 1 is 1.32 bits per heavy atom. The highest BCUT2D eigenvalue weighted by atomic mass is 35.5. The van der Waals surface area contributed by atoms with Gasteiger partial charge in [-0.3, -0.25) is 4.31 Å². The third kappa shape index (κ3) is 3.58. The molecule has 1 heterocycles. The van der Waals surface area contributed by atoms with E-state index in [0.29, 0.717) is 11.3 Å². The number of sulfonamides is 1. The highest BCUT2D eigenvalue weighted by Gasteiger charge is 2.26. The van der Waals surface area contributed by atoms with Gasteiger partial charge in [0.2, 0.25) is 0 Å². The summed E-state index contributed by atoms with van der Waals surface area (Å²) in [4.78, 5) is 3.94. The molecule has 1 N–H and O–H groups in total. The molecular weight excluding hydrogens is 324 g/mol. The standard InChI is InChI=1S/C15H17ClN2O3S/c1-11-8-14(9-17-15(11)16)22(20,21)18(10-12(2)19)13-6-4-3-5-7-13/h3-9,12,19H,10H2,1-2H3/t12-/m1/s1. The van der Waals surface area contributed by atoms with E-state index in [-0.39, 0.29) is 16.6 Å². The van der Waals surface area contributed by atoms with Gasteiger partial charge in [0.25, 0.3) is 10.0 Å². The molecular formula is C15H17ClN2O3S. The molecule has 0 bridgehead atoms. The maximum atomic E-state index is 12.9. The van der Waals surface area contributed by atoms with Crippen LogP contribution in [0.25, 0.3) is 0 Å². The summed E-state index contributed by atoms with van der Waals surface area (Å²) in [5, 5.41) is 9.91. The third-order valence-corrected chi connectivity index (χ3v) is 5.21. The van der Waals surface area contributed by atoms with Gasteiger partial charge in [0.05, 0.1) is 18.3 Å². The molecule has 1 aromatic carbocycles. The van der Waals surface area contributed by atoms with Crippen molar-refractivity contribution in [1.82, 2.24) is 4.98 Å². The van der Waals surface area contributed by atoms with E-state index >= 15 is 0 Å². The van der Waals surface area contributed by atoms with Gasteiger partial charge in [-0.2, -0.15) is 0 Å². The molecule has 0 unspecified atom stereocenters. The van der Waals surface area contributed by atoms with E-state index in [1.54, 1.807) is 37.3 Å². The molecule has 1 aromatic heterocycles. The van der Waals surface area contributed by atoms with E-state index in [1.807, 2.05) is 0 Å². The van der Waals surface area contributed by atoms with Crippen LogP contribution in [-0.4, -0.2) is 31.2 Å². The van der Waals surface area contributed by atoms with Gasteiger partial charge in [-0.05, 0) is 37.6 Å². The van der Waals surface area contributed by atoms with Gasteiger partial charge >= 0.3 is 0 Å². The van der Waals surface area contributed by atoms with E-state index in [9.17, 15) is 13.5 Å². The number of aromatic nitrogens is 1. The number of hydrogen-bond acceptors (Lipinski definition) is 4. The number of hydrogen-bond donors (Lipinski definition) is 1. The fourth-order valence-electron chi connectivity index (χ4n) is 1.98. The van der Waals surface area contributed by atoms with Crippen molar-refractivity contribution < 1.29 is 13.5 Å². The molecule has 0 aliphatic carbocycles. The van der Waals surface area contributed by atoms with Crippen molar-refractivity contribution in [2.75, 3.05) is 10.8 Å². The number of aryl methyl sites for hydroxylation is 1. The first-order valence-electron chi connectivity index (χ1n) is 6.70. The number of pyridine rings is 1. The average molecular weight is 341 g/mol. The van der Waals surface area contributed by atoms with Crippen LogP contribution in [0.3, 0.4) is 0 Å². The van der Waals surface area contributed by atoms with Gasteiger partial charge in [0.1, 0.15) is 10.0 Å². The van der Waals surface area contributed by atoms with Gasteiger partial charge < -0.3 is 5.11 Å². The van der Waals surface area contributed by atoms with E-state index in [1.165, 1.54) is 23.5 Å². The summed E-state index contributed by atoms with van der Waals surface area (Å²) < 4.78 is 26.9. The van der Waals surface area contributed by atoms with E-state index in [2.05, 4.69) is 4.98 Å². The molecule has 1 atom stereocenters. The second-order valence-electron chi connectivity index (χ2n) is 5.00. The fraction of sp³-hybridized carbons (Fsp3) is 0.267. The molecule has 0 spiro atoms. The summed E-state index contributed by atoms with van der Waals surface area (Å²) in [6, 6.07) is 10.1. The highest BCUT2D eigenvalue weighted by Crippen LogP contribution is 2.25. The quantitative estimate of drug-likeness (QED) is 0.849. The lowest BCUT2D eigenvalue weighted by atomic mass is 10.3. The molecule has 0 fully saturated rings. The summed E-state index contributed by atoms with van der Waals surface area (Å²) >= 11 is 5.85. The van der Waals surface area contributed by atoms with Crippen molar-refractivity contribution in [3.05, 3.63) is 53.3 Å². The number of benzene rings is 1. The van der Waals surface area contributed by atoms with Crippen LogP contribution in [0.4, 0.5) is 5.69 Å². The zero-order chi connectivity index (χ0) is 16.3. The summed E-state index contributed by atoms with van der Waals surface area (Å²) in [5.41, 5.74) is 1.06. The number of halogens is 1. The van der Waals surface area contributed by atoms with Gasteiger partial charge in [-0.1, -0.05) is 29.8 Å². The minimum absolute atomic E-state index is 0.0407. The van der Waals surface area contributed by atoms with Crippen molar-refractivity contribution in [2.24, 2.45) is 0 Å². The first-order valence-corrected chi connectivity index (χ1v) is 8.52. The van der Waals surface area contributed by atoms with Crippen LogP contribution in [0.2, 0.25) is 5.15 Å². The van der Waals surface area contributed by atoms with Crippen LogP contribution in [0.1, 0.15) is 12.5 Å². The number of rotatable bonds is 5. The first-order chi connectivity index (χ1) is 10.3. The van der Waals surface area contributed by atoms with Gasteiger partial charge in [-0.15, -0.1) is 0 Å². The summed E-state index contributed by atoms with van der Waals surface area (Å²) in [5.74, 6) is 0. The van der Waals surface area contributed by atoms with Gasteiger partial charge in [-0.25, -0.2) is 13.4 Å². The van der Waals surface area contributed by atoms with Gasteiger partial charge in [0.15, 0.2) is 0 Å². The Hall–Kier alpha value is -1.63. The highest BCUT2D eigenvalue weighted by molar-refractivity contribution is 7.92. The molecule has 2 aromatic rings. The molecule has 5 nitrogen and oxygen atoms in total. The fourth-order valence-corrected chi connectivity index (χ4v) is 3.66. The lowest BCUT2D eigenvalue weighted by Crippen LogP contribution is -2.36. The molecule has 0 aliphatic heterocycles. The number of aliphatic hydroxyl groups excluding tert-OH is 1. The Bertz CT molecular complexity index is 749. The Balaban J connectivity index is 2.51. The van der Waals surface area contributed by atoms with Crippen LogP contribution < -0.4 is 4.31 Å². The zero-order valence-electron chi connectivity index (χ0n) is 12.3. The minimum atomic E-state index is -3.84. The molecule has 0 saturated carbocycles. The zero-order valence-corrected chi connectivity index (χ0v) is 13.8. The number of aliphatic hydroxyl groups is 1. The Morgan fingerprint density at radius 2 is 1.95 bits per heavy atom. The van der Waals surface area contributed by atoms with Crippen molar-refractivity contribution in [3.63, 3.8) is 0 Å². The predicted molar refractivity (Wildman–Crippen MR) is 86.6 cm³/mol. The summed E-state index contributed by atoms with van der Waals surface area (Å²) in [6.07, 6.45) is 0.416. The van der Waals surface area contributed by atoms with Crippen molar-refractivity contribution >= 4 is 27.3 Å². The van der Waals surface area contributed by atoms with E-state index in [0.717, 1.165) is 0 Å². The van der Waals surface area contributed by atoms with Crippen molar-refractivity contribution in [3.8, 4) is 0 Å². The number of anilines is 1. The van der Waals surface area contributed by atoms with Crippen LogP contribution >= 0.6 is 11.6 Å². The maximum Gasteiger partial charge on any atom is 0.265 e. The molecule has 22 heavy (non-hydrogen) atoms. The Morgan fingerprint density at radius 3 is 2.50 bits per heavy atom. The number of para-hydroxylation sites is 1. The molecule has 2 rings (SSSR count). The molecule has 7 heteroatoms. The lowest BCUT2D eigenvalue weighted by Gasteiger charge is -2.25. The monoisotopic (exact) mass is 340 g/mol. The Kier molecular flexibility index (Phi) is 5.05. The second kappa shape index (κ2) is 6.64. The summed E-state index contributed by atoms with van der Waals surface area (Å²) in [7, 11) is -3.84. The predicted octanol–water partition coefficient (Wildman–Crippen LogP) is 2.62. The third-order valence-electron chi connectivity index (χ3n) is 3.05. The van der Waals surface area contributed by atoms with Crippen LogP contribution in [0, 0.1) is 6.92 Å². The van der Waals surface area contributed by atoms with Crippen LogP contribution in [0.15, 0.2) is 47.5 Å².